The Bertz CT molecular complexity index is 410. The average molecular weight is 233 g/mol. The number of carbonyl (C=O) groups is 1. The molecule has 0 aromatic heterocycles. The molecule has 17 heavy (non-hydrogen) atoms. The van der Waals surface area contributed by atoms with Gasteiger partial charge in [0.25, 0.3) is 0 Å². The zero-order valence-corrected chi connectivity index (χ0v) is 10.2. The van der Waals surface area contributed by atoms with Gasteiger partial charge in [0.1, 0.15) is 0 Å². The molecule has 0 saturated heterocycles. The Morgan fingerprint density at radius 1 is 1.41 bits per heavy atom. The van der Waals surface area contributed by atoms with Crippen molar-refractivity contribution in [3.8, 4) is 0 Å². The van der Waals surface area contributed by atoms with E-state index in [1.165, 1.54) is 11.1 Å². The molecule has 2 N–H and O–H groups in total. The predicted octanol–water partition coefficient (Wildman–Crippen LogP) is 1.57. The minimum absolute atomic E-state index is 0.0415. The van der Waals surface area contributed by atoms with Gasteiger partial charge < -0.3 is 10.4 Å². The van der Waals surface area contributed by atoms with E-state index in [0.717, 1.165) is 19.3 Å². The molecule has 0 bridgehead atoms. The maximum Gasteiger partial charge on any atom is 0.220 e. The maximum absolute atomic E-state index is 11.7. The summed E-state index contributed by atoms with van der Waals surface area (Å²) in [6.45, 7) is 2.12. The van der Waals surface area contributed by atoms with Crippen LogP contribution >= 0.6 is 0 Å². The van der Waals surface area contributed by atoms with Crippen LogP contribution in [-0.4, -0.2) is 23.2 Å². The van der Waals surface area contributed by atoms with E-state index in [-0.39, 0.29) is 18.1 Å². The molecule has 3 nitrogen and oxygen atoms in total. The van der Waals surface area contributed by atoms with E-state index in [9.17, 15) is 4.79 Å². The molecule has 1 aromatic carbocycles. The highest BCUT2D eigenvalue weighted by molar-refractivity contribution is 5.77. The van der Waals surface area contributed by atoms with Crippen LogP contribution in [0.4, 0.5) is 0 Å². The Balaban J connectivity index is 1.82. The minimum atomic E-state index is -0.289. The third kappa shape index (κ3) is 3.07. The molecule has 1 saturated carbocycles. The van der Waals surface area contributed by atoms with E-state index in [0.29, 0.717) is 6.42 Å². The molecule has 0 atom stereocenters. The van der Waals surface area contributed by atoms with E-state index < -0.39 is 0 Å². The van der Waals surface area contributed by atoms with Crippen molar-refractivity contribution in [2.75, 3.05) is 6.61 Å². The Morgan fingerprint density at radius 3 is 2.71 bits per heavy atom. The van der Waals surface area contributed by atoms with Crippen LogP contribution in [0.5, 0.6) is 0 Å². The molecule has 3 heteroatoms. The van der Waals surface area contributed by atoms with Gasteiger partial charge in [0.05, 0.1) is 12.1 Å². The van der Waals surface area contributed by atoms with Crippen LogP contribution in [0, 0.1) is 6.92 Å². The number of nitrogens with one attached hydrogen (secondary N) is 1. The first-order valence-corrected chi connectivity index (χ1v) is 6.12. The quantitative estimate of drug-likeness (QED) is 0.811. The lowest BCUT2D eigenvalue weighted by Gasteiger charge is -2.14. The van der Waals surface area contributed by atoms with Gasteiger partial charge in [-0.3, -0.25) is 4.79 Å². The number of hydrogen-bond donors (Lipinski definition) is 2. The van der Waals surface area contributed by atoms with Crippen molar-refractivity contribution in [1.82, 2.24) is 5.32 Å². The Kier molecular flexibility index (Phi) is 3.48. The summed E-state index contributed by atoms with van der Waals surface area (Å²) < 4.78 is 0. The number of hydrogen-bond acceptors (Lipinski definition) is 2. The van der Waals surface area contributed by atoms with E-state index in [4.69, 9.17) is 5.11 Å². The standard InChI is InChI=1S/C14H19NO2/c1-11-4-2-3-5-12(11)6-7-13(17)15-14(10-16)8-9-14/h2-5,16H,6-10H2,1H3,(H,15,17). The fraction of sp³-hybridized carbons (Fsp3) is 0.500. The summed E-state index contributed by atoms with van der Waals surface area (Å²) in [6.07, 6.45) is 3.06. The predicted molar refractivity (Wildman–Crippen MR) is 66.7 cm³/mol. The van der Waals surface area contributed by atoms with Crippen LogP contribution in [0.2, 0.25) is 0 Å². The summed E-state index contributed by atoms with van der Waals surface area (Å²) in [7, 11) is 0. The molecule has 2 rings (SSSR count). The minimum Gasteiger partial charge on any atom is -0.394 e. The molecule has 0 unspecified atom stereocenters. The molecule has 1 fully saturated rings. The largest absolute Gasteiger partial charge is 0.394 e. The number of carbonyl (C=O) groups excluding carboxylic acids is 1. The number of aliphatic hydroxyl groups is 1. The fourth-order valence-corrected chi connectivity index (χ4v) is 1.97. The second kappa shape index (κ2) is 4.88. The van der Waals surface area contributed by atoms with Crippen LogP contribution in [0.25, 0.3) is 0 Å². The highest BCUT2D eigenvalue weighted by Crippen LogP contribution is 2.34. The molecule has 0 heterocycles. The Labute approximate surface area is 102 Å². The van der Waals surface area contributed by atoms with Gasteiger partial charge in [0.15, 0.2) is 0 Å². The van der Waals surface area contributed by atoms with Crippen LogP contribution in [0.1, 0.15) is 30.4 Å². The first-order valence-electron chi connectivity index (χ1n) is 6.12. The Hall–Kier alpha value is -1.35. The zero-order chi connectivity index (χ0) is 12.3. The summed E-state index contributed by atoms with van der Waals surface area (Å²) >= 11 is 0. The monoisotopic (exact) mass is 233 g/mol. The first kappa shape index (κ1) is 12.1. The van der Waals surface area contributed by atoms with Gasteiger partial charge in [0, 0.05) is 6.42 Å². The van der Waals surface area contributed by atoms with Crippen LogP contribution < -0.4 is 5.32 Å². The Morgan fingerprint density at radius 2 is 2.12 bits per heavy atom. The normalized spacial score (nSPS) is 16.6. The summed E-state index contributed by atoms with van der Waals surface area (Å²) in [5.74, 6) is 0.0415. The van der Waals surface area contributed by atoms with Crippen molar-refractivity contribution in [3.63, 3.8) is 0 Å². The second-order valence-corrected chi connectivity index (χ2v) is 4.91. The lowest BCUT2D eigenvalue weighted by molar-refractivity contribution is -0.122. The van der Waals surface area contributed by atoms with Gasteiger partial charge >= 0.3 is 0 Å². The number of aliphatic hydroxyl groups excluding tert-OH is 1. The summed E-state index contributed by atoms with van der Waals surface area (Å²) in [5.41, 5.74) is 2.16. The van der Waals surface area contributed by atoms with Crippen molar-refractivity contribution in [2.45, 2.75) is 38.1 Å². The smallest absolute Gasteiger partial charge is 0.220 e. The van der Waals surface area contributed by atoms with Crippen molar-refractivity contribution < 1.29 is 9.90 Å². The van der Waals surface area contributed by atoms with Gasteiger partial charge in [-0.15, -0.1) is 0 Å². The van der Waals surface area contributed by atoms with E-state index in [2.05, 4.69) is 24.4 Å². The fourth-order valence-electron chi connectivity index (χ4n) is 1.97. The van der Waals surface area contributed by atoms with Crippen molar-refractivity contribution in [3.05, 3.63) is 35.4 Å². The number of aryl methyl sites for hydroxylation is 2. The highest BCUT2D eigenvalue weighted by Gasteiger charge is 2.43. The topological polar surface area (TPSA) is 49.3 Å². The molecule has 0 aliphatic heterocycles. The SMILES string of the molecule is Cc1ccccc1CCC(=O)NC1(CO)CC1. The summed E-state index contributed by atoms with van der Waals surface area (Å²) in [4.78, 5) is 11.7. The summed E-state index contributed by atoms with van der Waals surface area (Å²) in [5, 5.41) is 12.0. The average Bonchev–Trinajstić information content (AvgIpc) is 3.08. The van der Waals surface area contributed by atoms with Gasteiger partial charge in [-0.2, -0.15) is 0 Å². The van der Waals surface area contributed by atoms with Crippen LogP contribution in [0.15, 0.2) is 24.3 Å². The molecule has 1 aliphatic rings. The second-order valence-electron chi connectivity index (χ2n) is 4.91. The molecule has 1 aliphatic carbocycles. The zero-order valence-electron chi connectivity index (χ0n) is 10.2. The van der Waals surface area contributed by atoms with E-state index in [1.807, 2.05) is 12.1 Å². The molecule has 1 aromatic rings. The van der Waals surface area contributed by atoms with Crippen molar-refractivity contribution in [1.29, 1.82) is 0 Å². The van der Waals surface area contributed by atoms with Gasteiger partial charge in [0.2, 0.25) is 5.91 Å². The molecular weight excluding hydrogens is 214 g/mol. The van der Waals surface area contributed by atoms with Gasteiger partial charge in [-0.1, -0.05) is 24.3 Å². The lowest BCUT2D eigenvalue weighted by atomic mass is 10.0. The maximum atomic E-state index is 11.7. The third-order valence-electron chi connectivity index (χ3n) is 3.44. The van der Waals surface area contributed by atoms with Gasteiger partial charge in [-0.25, -0.2) is 0 Å². The van der Waals surface area contributed by atoms with Gasteiger partial charge in [-0.05, 0) is 37.3 Å². The first-order chi connectivity index (χ1) is 8.15. The molecular formula is C14H19NO2. The molecule has 0 spiro atoms. The lowest BCUT2D eigenvalue weighted by Crippen LogP contribution is -2.39. The van der Waals surface area contributed by atoms with Crippen molar-refractivity contribution >= 4 is 5.91 Å². The molecule has 0 radical (unpaired) electrons. The number of benzene rings is 1. The molecule has 92 valence electrons. The number of rotatable bonds is 5. The van der Waals surface area contributed by atoms with E-state index >= 15 is 0 Å². The third-order valence-corrected chi connectivity index (χ3v) is 3.44. The van der Waals surface area contributed by atoms with Crippen LogP contribution in [0.3, 0.4) is 0 Å². The highest BCUT2D eigenvalue weighted by atomic mass is 16.3. The van der Waals surface area contributed by atoms with E-state index in [1.54, 1.807) is 0 Å². The summed E-state index contributed by atoms with van der Waals surface area (Å²) in [6, 6.07) is 8.12. The molecule has 1 amide bonds. The van der Waals surface area contributed by atoms with Crippen LogP contribution in [-0.2, 0) is 11.2 Å². The van der Waals surface area contributed by atoms with Crippen molar-refractivity contribution in [2.24, 2.45) is 0 Å². The number of amides is 1.